The van der Waals surface area contributed by atoms with Crippen LogP contribution >= 0.6 is 0 Å². The van der Waals surface area contributed by atoms with Crippen molar-refractivity contribution in [2.75, 3.05) is 6.61 Å². The van der Waals surface area contributed by atoms with Crippen LogP contribution < -0.4 is 0 Å². The molecule has 2 fully saturated rings. The molecule has 0 heterocycles. The molecule has 0 aromatic rings. The second-order valence-corrected chi connectivity index (χ2v) is 7.47. The molecule has 140 valence electrons. The van der Waals surface area contributed by atoms with Gasteiger partial charge in [0.25, 0.3) is 6.10 Å². The molecule has 2 saturated carbocycles. The normalized spacial score (nSPS) is 28.8. The summed E-state index contributed by atoms with van der Waals surface area (Å²) in [5.74, 6) is -1.20. The summed E-state index contributed by atoms with van der Waals surface area (Å²) in [6.07, 6.45) is -7.21. The van der Waals surface area contributed by atoms with E-state index in [-0.39, 0.29) is 12.0 Å². The third-order valence-corrected chi connectivity index (χ3v) is 5.19. The number of esters is 1. The Labute approximate surface area is 134 Å². The van der Waals surface area contributed by atoms with E-state index in [1.165, 1.54) is 0 Å². The van der Waals surface area contributed by atoms with Crippen molar-refractivity contribution in [1.29, 1.82) is 0 Å². The third-order valence-electron chi connectivity index (χ3n) is 4.28. The van der Waals surface area contributed by atoms with Gasteiger partial charge in [0.2, 0.25) is 0 Å². The smallest absolute Gasteiger partial charge is 0.432 e. The average molecular weight is 382 g/mol. The predicted molar refractivity (Wildman–Crippen MR) is 67.6 cm³/mol. The van der Waals surface area contributed by atoms with Crippen LogP contribution in [0, 0.1) is 11.8 Å². The molecule has 6 nitrogen and oxygen atoms in total. The van der Waals surface area contributed by atoms with Crippen LogP contribution in [0.4, 0.5) is 22.0 Å². The Kier molecular flexibility index (Phi) is 5.13. The maximum atomic E-state index is 13.2. The lowest BCUT2D eigenvalue weighted by Gasteiger charge is -2.27. The fraction of sp³-hybridized carbons (Fsp3) is 0.917. The van der Waals surface area contributed by atoms with Crippen LogP contribution in [0.3, 0.4) is 0 Å². The zero-order chi connectivity index (χ0) is 18.3. The maximum Gasteiger partial charge on any atom is 0.432 e. The van der Waals surface area contributed by atoms with Crippen molar-refractivity contribution in [2.45, 2.75) is 49.3 Å². The summed E-state index contributed by atoms with van der Waals surface area (Å²) in [6, 6.07) is 0. The molecule has 0 aliphatic heterocycles. The minimum atomic E-state index is -6.44. The zero-order valence-corrected chi connectivity index (χ0v) is 12.9. The van der Waals surface area contributed by atoms with E-state index in [2.05, 4.69) is 4.74 Å². The molecule has 0 radical (unpaired) electrons. The summed E-state index contributed by atoms with van der Waals surface area (Å²) in [4.78, 5) is 11.4. The molecule has 0 spiro atoms. The highest BCUT2D eigenvalue weighted by Crippen LogP contribution is 2.46. The Morgan fingerprint density at radius 2 is 1.79 bits per heavy atom. The van der Waals surface area contributed by atoms with Gasteiger partial charge in [-0.05, 0) is 37.5 Å². The summed E-state index contributed by atoms with van der Waals surface area (Å²) in [5, 5.41) is -5.73. The number of carbonyl (C=O) groups is 1. The van der Waals surface area contributed by atoms with E-state index < -0.39 is 40.2 Å². The number of fused-ring (bicyclic) bond motifs is 2. The number of hydrogen-bond acceptors (Lipinski definition) is 5. The highest BCUT2D eigenvalue weighted by atomic mass is 32.2. The summed E-state index contributed by atoms with van der Waals surface area (Å²) >= 11 is 0. The van der Waals surface area contributed by atoms with E-state index in [1.807, 2.05) is 0 Å². The van der Waals surface area contributed by atoms with Gasteiger partial charge in [-0.1, -0.05) is 0 Å². The molecule has 2 aliphatic rings. The van der Waals surface area contributed by atoms with Crippen molar-refractivity contribution < 1.29 is 49.2 Å². The average Bonchev–Trinajstić information content (AvgIpc) is 3.02. The Balaban J connectivity index is 1.98. The highest BCUT2D eigenvalue weighted by Gasteiger charge is 2.66. The van der Waals surface area contributed by atoms with Gasteiger partial charge < -0.3 is 9.47 Å². The number of ether oxygens (including phenoxy) is 2. The van der Waals surface area contributed by atoms with Crippen molar-refractivity contribution in [3.8, 4) is 0 Å². The monoisotopic (exact) mass is 382 g/mol. The quantitative estimate of drug-likeness (QED) is 0.430. The summed E-state index contributed by atoms with van der Waals surface area (Å²) < 4.78 is 102. The van der Waals surface area contributed by atoms with Gasteiger partial charge in [-0.3, -0.25) is 4.55 Å². The van der Waals surface area contributed by atoms with Gasteiger partial charge in [0.1, 0.15) is 6.61 Å². The molecule has 24 heavy (non-hydrogen) atoms. The first-order valence-corrected chi connectivity index (χ1v) is 8.49. The molecule has 4 atom stereocenters. The number of hydrogen-bond donors (Lipinski definition) is 1. The van der Waals surface area contributed by atoms with Crippen molar-refractivity contribution >= 4 is 16.1 Å². The molecule has 0 saturated heterocycles. The lowest BCUT2D eigenvalue weighted by Crippen LogP contribution is -2.52. The highest BCUT2D eigenvalue weighted by molar-refractivity contribution is 7.86. The van der Waals surface area contributed by atoms with Crippen LogP contribution in [-0.4, -0.2) is 49.2 Å². The van der Waals surface area contributed by atoms with E-state index in [0.29, 0.717) is 12.3 Å². The minimum absolute atomic E-state index is 0.167. The third kappa shape index (κ3) is 3.97. The van der Waals surface area contributed by atoms with Crippen molar-refractivity contribution in [1.82, 2.24) is 0 Å². The predicted octanol–water partition coefficient (Wildman–Crippen LogP) is 2.15. The van der Waals surface area contributed by atoms with Crippen LogP contribution in [0.2, 0.25) is 0 Å². The van der Waals surface area contributed by atoms with Gasteiger partial charge in [0, 0.05) is 0 Å². The summed E-state index contributed by atoms with van der Waals surface area (Å²) in [5.41, 5.74) is 0. The molecule has 0 aromatic heterocycles. The molecule has 0 amide bonds. The molecule has 2 bridgehead atoms. The number of rotatable bonds is 6. The largest absolute Gasteiger partial charge is 0.443 e. The van der Waals surface area contributed by atoms with Crippen LogP contribution in [0.5, 0.6) is 0 Å². The van der Waals surface area contributed by atoms with E-state index in [9.17, 15) is 35.2 Å². The second kappa shape index (κ2) is 6.37. The minimum Gasteiger partial charge on any atom is -0.443 e. The van der Waals surface area contributed by atoms with Crippen LogP contribution in [0.15, 0.2) is 0 Å². The number of halogens is 5. The first kappa shape index (κ1) is 19.3. The molecular weight excluding hydrogens is 367 g/mol. The zero-order valence-electron chi connectivity index (χ0n) is 12.1. The van der Waals surface area contributed by atoms with Crippen LogP contribution in [0.25, 0.3) is 0 Å². The lowest BCUT2D eigenvalue weighted by atomic mass is 9.98. The number of carbonyl (C=O) groups excluding carboxylic acids is 1. The van der Waals surface area contributed by atoms with E-state index in [1.54, 1.807) is 0 Å². The maximum absolute atomic E-state index is 13.2. The summed E-state index contributed by atoms with van der Waals surface area (Å²) in [6.45, 7) is -1.01. The topological polar surface area (TPSA) is 89.9 Å². The van der Waals surface area contributed by atoms with Gasteiger partial charge in [-0.15, -0.1) is 0 Å². The van der Waals surface area contributed by atoms with Gasteiger partial charge in [-0.25, -0.2) is 4.79 Å². The molecular formula is C12H15F5O6S. The summed E-state index contributed by atoms with van der Waals surface area (Å²) in [7, 11) is -6.44. The Hall–Kier alpha value is -1.01. The van der Waals surface area contributed by atoms with Crippen LogP contribution in [-0.2, 0) is 24.4 Å². The Bertz CT molecular complexity index is 589. The SMILES string of the molecule is O=C(COC1CC2CCC1C2)OC(C(F)(F)F)C(F)(F)S(=O)(=O)O. The van der Waals surface area contributed by atoms with Gasteiger partial charge in [-0.2, -0.15) is 30.4 Å². The van der Waals surface area contributed by atoms with E-state index in [0.717, 1.165) is 19.3 Å². The first-order valence-electron chi connectivity index (χ1n) is 7.05. The van der Waals surface area contributed by atoms with Crippen molar-refractivity contribution in [2.24, 2.45) is 11.8 Å². The van der Waals surface area contributed by atoms with Gasteiger partial charge >= 0.3 is 27.5 Å². The molecule has 4 unspecified atom stereocenters. The molecule has 1 N–H and O–H groups in total. The van der Waals surface area contributed by atoms with Crippen LogP contribution in [0.1, 0.15) is 25.7 Å². The number of alkyl halides is 5. The second-order valence-electron chi connectivity index (χ2n) is 5.97. The lowest BCUT2D eigenvalue weighted by molar-refractivity contribution is -0.260. The van der Waals surface area contributed by atoms with E-state index >= 15 is 0 Å². The molecule has 12 heteroatoms. The van der Waals surface area contributed by atoms with E-state index in [4.69, 9.17) is 9.29 Å². The fourth-order valence-electron chi connectivity index (χ4n) is 3.19. The fourth-order valence-corrected chi connectivity index (χ4v) is 3.64. The molecule has 2 rings (SSSR count). The standard InChI is InChI=1S/C12H15F5O6S/c13-11(14,15)10(12(16,17)24(19,20)21)23-9(18)5-22-8-4-6-1-2-7(8)3-6/h6-8,10H,1-5H2,(H,19,20,21). The van der Waals surface area contributed by atoms with Crippen molar-refractivity contribution in [3.05, 3.63) is 0 Å². The molecule has 0 aromatic carbocycles. The Morgan fingerprint density at radius 3 is 2.21 bits per heavy atom. The first-order chi connectivity index (χ1) is 10.8. The van der Waals surface area contributed by atoms with Gasteiger partial charge in [0.05, 0.1) is 6.10 Å². The molecule has 2 aliphatic carbocycles. The Morgan fingerprint density at radius 1 is 1.17 bits per heavy atom. The van der Waals surface area contributed by atoms with Gasteiger partial charge in [0.15, 0.2) is 0 Å². The van der Waals surface area contributed by atoms with Crippen molar-refractivity contribution in [3.63, 3.8) is 0 Å².